The van der Waals surface area contributed by atoms with E-state index in [0.29, 0.717) is 5.82 Å². The predicted molar refractivity (Wildman–Crippen MR) is 75.3 cm³/mol. The van der Waals surface area contributed by atoms with Gasteiger partial charge in [-0.05, 0) is 20.8 Å². The van der Waals surface area contributed by atoms with Crippen molar-refractivity contribution in [2.75, 3.05) is 6.54 Å². The van der Waals surface area contributed by atoms with E-state index in [1.807, 2.05) is 41.5 Å². The summed E-state index contributed by atoms with van der Waals surface area (Å²) in [6.45, 7) is 11.4. The van der Waals surface area contributed by atoms with Gasteiger partial charge < -0.3 is 10.6 Å². The molecule has 2 amide bonds. The maximum absolute atomic E-state index is 11.8. The average molecular weight is 281 g/mol. The van der Waals surface area contributed by atoms with Gasteiger partial charge in [0.05, 0.1) is 6.54 Å². The Bertz CT molecular complexity index is 494. The molecule has 1 heterocycles. The smallest absolute Gasteiger partial charge is 0.291 e. The lowest BCUT2D eigenvalue weighted by Gasteiger charge is -2.20. The fraction of sp³-hybridized carbons (Fsp3) is 0.692. The molecule has 1 rings (SSSR count). The van der Waals surface area contributed by atoms with E-state index in [0.717, 1.165) is 0 Å². The highest BCUT2D eigenvalue weighted by Gasteiger charge is 2.21. The topological polar surface area (TPSA) is 99.8 Å². The van der Waals surface area contributed by atoms with E-state index in [1.165, 1.54) is 0 Å². The largest absolute Gasteiger partial charge is 0.350 e. The summed E-state index contributed by atoms with van der Waals surface area (Å²) in [5.74, 6) is -0.0569. The summed E-state index contributed by atoms with van der Waals surface area (Å²) in [5.41, 5.74) is -0.541. The lowest BCUT2D eigenvalue weighted by Crippen LogP contribution is -2.46. The summed E-state index contributed by atoms with van der Waals surface area (Å²) in [6.07, 6.45) is 0. The van der Waals surface area contributed by atoms with Crippen LogP contribution in [-0.2, 0) is 10.2 Å². The molecule has 0 aliphatic rings. The van der Waals surface area contributed by atoms with Crippen LogP contribution in [0, 0.1) is 0 Å². The van der Waals surface area contributed by atoms with E-state index < -0.39 is 5.91 Å². The molecule has 0 fully saturated rings. The second-order valence-corrected chi connectivity index (χ2v) is 6.74. The van der Waals surface area contributed by atoms with Crippen molar-refractivity contribution in [1.82, 2.24) is 25.8 Å². The van der Waals surface area contributed by atoms with Crippen LogP contribution in [0.4, 0.5) is 0 Å². The molecular formula is C13H23N5O2. The van der Waals surface area contributed by atoms with Gasteiger partial charge in [0.25, 0.3) is 5.91 Å². The van der Waals surface area contributed by atoms with Gasteiger partial charge >= 0.3 is 0 Å². The van der Waals surface area contributed by atoms with Gasteiger partial charge in [-0.1, -0.05) is 20.8 Å². The first kappa shape index (κ1) is 16.1. The monoisotopic (exact) mass is 281 g/mol. The van der Waals surface area contributed by atoms with Crippen molar-refractivity contribution < 1.29 is 9.59 Å². The molecule has 0 unspecified atom stereocenters. The minimum Gasteiger partial charge on any atom is -0.350 e. The maximum atomic E-state index is 11.8. The maximum Gasteiger partial charge on any atom is 0.291 e. The first-order valence-corrected chi connectivity index (χ1v) is 6.51. The molecule has 7 heteroatoms. The molecule has 0 saturated carbocycles. The number of nitrogens with one attached hydrogen (secondary N) is 3. The molecule has 0 aromatic carbocycles. The number of aromatic amines is 1. The Morgan fingerprint density at radius 3 is 2.20 bits per heavy atom. The third kappa shape index (κ3) is 4.99. The van der Waals surface area contributed by atoms with Crippen LogP contribution in [0.2, 0.25) is 0 Å². The number of carbonyl (C=O) groups is 2. The molecular weight excluding hydrogens is 258 g/mol. The highest BCUT2D eigenvalue weighted by molar-refractivity contribution is 5.93. The molecule has 0 bridgehead atoms. The number of hydrogen-bond donors (Lipinski definition) is 3. The third-order valence-corrected chi connectivity index (χ3v) is 2.32. The summed E-state index contributed by atoms with van der Waals surface area (Å²) in [5, 5.41) is 11.8. The third-order valence-electron chi connectivity index (χ3n) is 2.32. The van der Waals surface area contributed by atoms with Crippen LogP contribution in [0.1, 0.15) is 58.0 Å². The lowest BCUT2D eigenvalue weighted by molar-refractivity contribution is -0.121. The molecule has 0 spiro atoms. The van der Waals surface area contributed by atoms with Crippen LogP contribution in [-0.4, -0.2) is 39.1 Å². The second-order valence-electron chi connectivity index (χ2n) is 6.74. The zero-order chi connectivity index (χ0) is 15.6. The van der Waals surface area contributed by atoms with Crippen molar-refractivity contribution in [3.05, 3.63) is 11.6 Å². The van der Waals surface area contributed by atoms with Gasteiger partial charge in [-0.3, -0.25) is 14.7 Å². The van der Waals surface area contributed by atoms with Crippen LogP contribution >= 0.6 is 0 Å². The zero-order valence-corrected chi connectivity index (χ0v) is 12.9. The number of nitrogens with zero attached hydrogens (tertiary/aromatic N) is 2. The van der Waals surface area contributed by atoms with E-state index in [2.05, 4.69) is 25.8 Å². The fourth-order valence-corrected chi connectivity index (χ4v) is 1.40. The number of H-pyrrole nitrogens is 1. The Hall–Kier alpha value is -1.92. The highest BCUT2D eigenvalue weighted by atomic mass is 16.2. The Morgan fingerprint density at radius 1 is 1.15 bits per heavy atom. The number of carbonyl (C=O) groups excluding carboxylic acids is 2. The molecule has 1 aromatic rings. The van der Waals surface area contributed by atoms with E-state index in [1.54, 1.807) is 0 Å². The molecule has 112 valence electrons. The van der Waals surface area contributed by atoms with Crippen LogP contribution in [0.15, 0.2) is 0 Å². The summed E-state index contributed by atoms with van der Waals surface area (Å²) >= 11 is 0. The van der Waals surface area contributed by atoms with Crippen LogP contribution in [0.25, 0.3) is 0 Å². The van der Waals surface area contributed by atoms with Crippen molar-refractivity contribution in [1.29, 1.82) is 0 Å². The van der Waals surface area contributed by atoms with Gasteiger partial charge in [0.2, 0.25) is 11.7 Å². The van der Waals surface area contributed by atoms with E-state index in [-0.39, 0.29) is 29.2 Å². The average Bonchev–Trinajstić information content (AvgIpc) is 2.72. The quantitative estimate of drug-likeness (QED) is 0.761. The summed E-state index contributed by atoms with van der Waals surface area (Å²) in [7, 11) is 0. The van der Waals surface area contributed by atoms with Gasteiger partial charge in [-0.15, -0.1) is 5.10 Å². The van der Waals surface area contributed by atoms with Gasteiger partial charge in [0, 0.05) is 11.0 Å². The summed E-state index contributed by atoms with van der Waals surface area (Å²) < 4.78 is 0. The zero-order valence-electron chi connectivity index (χ0n) is 12.9. The minimum atomic E-state index is -0.471. The first-order valence-electron chi connectivity index (χ1n) is 6.51. The van der Waals surface area contributed by atoms with Crippen molar-refractivity contribution >= 4 is 11.8 Å². The predicted octanol–water partition coefficient (Wildman–Crippen LogP) is 0.747. The Morgan fingerprint density at radius 2 is 1.75 bits per heavy atom. The van der Waals surface area contributed by atoms with Gasteiger partial charge in [0.15, 0.2) is 0 Å². The van der Waals surface area contributed by atoms with E-state index in [9.17, 15) is 9.59 Å². The molecule has 3 N–H and O–H groups in total. The summed E-state index contributed by atoms with van der Waals surface area (Å²) in [6, 6.07) is 0. The Balaban J connectivity index is 2.56. The van der Waals surface area contributed by atoms with Crippen molar-refractivity contribution in [2.45, 2.75) is 52.5 Å². The Kier molecular flexibility index (Phi) is 4.52. The van der Waals surface area contributed by atoms with E-state index >= 15 is 0 Å². The van der Waals surface area contributed by atoms with Crippen LogP contribution in [0.5, 0.6) is 0 Å². The first-order chi connectivity index (χ1) is 8.99. The molecule has 0 radical (unpaired) electrons. The van der Waals surface area contributed by atoms with Crippen molar-refractivity contribution in [3.63, 3.8) is 0 Å². The highest BCUT2D eigenvalue weighted by Crippen LogP contribution is 2.17. The van der Waals surface area contributed by atoms with Crippen LogP contribution < -0.4 is 10.6 Å². The molecule has 0 atom stereocenters. The number of amides is 2. The minimum absolute atomic E-state index is 0.0403. The van der Waals surface area contributed by atoms with Crippen LogP contribution in [0.3, 0.4) is 0 Å². The molecule has 1 aromatic heterocycles. The number of rotatable bonds is 3. The number of aromatic nitrogens is 3. The lowest BCUT2D eigenvalue weighted by atomic mass is 9.96. The standard InChI is InChI=1S/C13H23N5O2/c1-12(2,3)11-15-9(17-18-11)10(20)14-7-8(19)16-13(4,5)6/h7H2,1-6H3,(H,14,20)(H,16,19)(H,15,17,18). The number of hydrogen-bond acceptors (Lipinski definition) is 4. The summed E-state index contributed by atoms with van der Waals surface area (Å²) in [4.78, 5) is 27.5. The normalized spacial score (nSPS) is 12.1. The van der Waals surface area contributed by atoms with E-state index in [4.69, 9.17) is 0 Å². The van der Waals surface area contributed by atoms with Crippen molar-refractivity contribution in [2.24, 2.45) is 0 Å². The molecule has 7 nitrogen and oxygen atoms in total. The molecule has 0 aliphatic carbocycles. The van der Waals surface area contributed by atoms with Gasteiger partial charge in [-0.25, -0.2) is 4.98 Å². The second kappa shape index (κ2) is 5.60. The van der Waals surface area contributed by atoms with Crippen molar-refractivity contribution in [3.8, 4) is 0 Å². The van der Waals surface area contributed by atoms with Gasteiger partial charge in [0.1, 0.15) is 5.82 Å². The van der Waals surface area contributed by atoms with Gasteiger partial charge in [-0.2, -0.15) is 0 Å². The Labute approximate surface area is 118 Å². The fourth-order valence-electron chi connectivity index (χ4n) is 1.40. The molecule has 0 saturated heterocycles. The molecule has 0 aliphatic heterocycles. The molecule has 20 heavy (non-hydrogen) atoms. The SMILES string of the molecule is CC(C)(C)NC(=O)CNC(=O)c1n[nH]c(C(C)(C)C)n1.